The number of hydrogen-bond donors (Lipinski definition) is 1. The summed E-state index contributed by atoms with van der Waals surface area (Å²) in [6, 6.07) is 6.56. The minimum atomic E-state index is -0.452. The molecule has 1 aromatic carbocycles. The van der Waals surface area contributed by atoms with Crippen LogP contribution in [0.3, 0.4) is 0 Å². The number of thioether (sulfide) groups is 1. The molecule has 1 atom stereocenters. The Bertz CT molecular complexity index is 1030. The van der Waals surface area contributed by atoms with Crippen molar-refractivity contribution >= 4 is 39.8 Å². The molecular formula is C16H15N7O3S2. The quantitative estimate of drug-likeness (QED) is 0.353. The Morgan fingerprint density at radius 1 is 1.46 bits per heavy atom. The summed E-state index contributed by atoms with van der Waals surface area (Å²) in [7, 11) is 0. The largest absolute Gasteiger partial charge is 0.301 e. The van der Waals surface area contributed by atoms with Crippen LogP contribution in [-0.2, 0) is 4.79 Å². The van der Waals surface area contributed by atoms with Crippen molar-refractivity contribution < 1.29 is 9.72 Å². The van der Waals surface area contributed by atoms with Gasteiger partial charge in [0.25, 0.3) is 5.69 Å². The molecule has 144 valence electrons. The lowest BCUT2D eigenvalue weighted by molar-refractivity contribution is -0.384. The van der Waals surface area contributed by atoms with Gasteiger partial charge in [-0.3, -0.25) is 14.9 Å². The minimum Gasteiger partial charge on any atom is -0.301 e. The average molecular weight is 417 g/mol. The van der Waals surface area contributed by atoms with Gasteiger partial charge in [-0.05, 0) is 30.2 Å². The zero-order valence-electron chi connectivity index (χ0n) is 14.7. The van der Waals surface area contributed by atoms with Gasteiger partial charge < -0.3 is 5.32 Å². The van der Waals surface area contributed by atoms with Crippen molar-refractivity contribution in [1.29, 1.82) is 0 Å². The molecule has 0 bridgehead atoms. The number of tetrazole rings is 1. The van der Waals surface area contributed by atoms with Crippen LogP contribution in [0.5, 0.6) is 0 Å². The fourth-order valence-electron chi connectivity index (χ4n) is 2.47. The maximum Gasteiger partial charge on any atom is 0.270 e. The third kappa shape index (κ3) is 4.02. The second-order valence-corrected chi connectivity index (χ2v) is 8.40. The van der Waals surface area contributed by atoms with E-state index < -0.39 is 10.2 Å². The number of anilines is 1. The lowest BCUT2D eigenvalue weighted by atomic mass is 10.1. The second-order valence-electron chi connectivity index (χ2n) is 6.23. The number of carbonyl (C=O) groups excluding carboxylic acids is 1. The van der Waals surface area contributed by atoms with E-state index in [0.717, 1.165) is 12.8 Å². The molecule has 12 heteroatoms. The van der Waals surface area contributed by atoms with Crippen LogP contribution < -0.4 is 5.32 Å². The number of carbonyl (C=O) groups is 1. The van der Waals surface area contributed by atoms with Gasteiger partial charge in [0.1, 0.15) is 0 Å². The normalized spacial score (nSPS) is 14.6. The number of aromatic nitrogens is 5. The molecule has 2 heterocycles. The van der Waals surface area contributed by atoms with Crippen LogP contribution in [0.15, 0.2) is 34.8 Å². The third-order valence-electron chi connectivity index (χ3n) is 4.09. The van der Waals surface area contributed by atoms with Gasteiger partial charge in [-0.2, -0.15) is 0 Å². The number of benzene rings is 1. The van der Waals surface area contributed by atoms with Crippen LogP contribution in [0.4, 0.5) is 10.8 Å². The molecule has 2 aromatic heterocycles. The number of nitrogens with one attached hydrogen (secondary N) is 1. The highest BCUT2D eigenvalue weighted by molar-refractivity contribution is 8.00. The Labute approximate surface area is 167 Å². The predicted molar refractivity (Wildman–Crippen MR) is 104 cm³/mol. The molecule has 0 radical (unpaired) electrons. The first-order valence-electron chi connectivity index (χ1n) is 8.47. The molecule has 28 heavy (non-hydrogen) atoms. The highest BCUT2D eigenvalue weighted by Gasteiger charge is 2.29. The average Bonchev–Trinajstić information content (AvgIpc) is 3.24. The molecule has 1 N–H and O–H groups in total. The van der Waals surface area contributed by atoms with E-state index >= 15 is 0 Å². The molecule has 0 spiro atoms. The first-order chi connectivity index (χ1) is 13.5. The highest BCUT2D eigenvalue weighted by Crippen LogP contribution is 2.37. The standard InChI is InChI=1S/C16H15N7O3S2/c1-9(28-16-19-20-21-22(16)11-5-6-11)14(24)18-15-17-13(8-27-15)10-3-2-4-12(7-10)23(25)26/h2-4,7-9,11H,5-6H2,1H3,(H,17,18,24). The van der Waals surface area contributed by atoms with Gasteiger partial charge in [0, 0.05) is 23.1 Å². The Morgan fingerprint density at radius 2 is 2.29 bits per heavy atom. The Balaban J connectivity index is 1.41. The summed E-state index contributed by atoms with van der Waals surface area (Å²) in [6.45, 7) is 1.78. The van der Waals surface area contributed by atoms with E-state index in [4.69, 9.17) is 0 Å². The summed E-state index contributed by atoms with van der Waals surface area (Å²) >= 11 is 2.56. The minimum absolute atomic E-state index is 0.00510. The molecule has 4 rings (SSSR count). The van der Waals surface area contributed by atoms with Crippen molar-refractivity contribution in [2.45, 2.75) is 36.2 Å². The molecule has 0 saturated heterocycles. The first kappa shape index (κ1) is 18.5. The van der Waals surface area contributed by atoms with Crippen molar-refractivity contribution in [2.24, 2.45) is 0 Å². The summed E-state index contributed by atoms with van der Waals surface area (Å²) in [4.78, 5) is 27.3. The van der Waals surface area contributed by atoms with E-state index in [1.165, 1.54) is 35.2 Å². The van der Waals surface area contributed by atoms with Crippen molar-refractivity contribution in [1.82, 2.24) is 25.2 Å². The molecule has 1 aliphatic carbocycles. The number of thiazole rings is 1. The van der Waals surface area contributed by atoms with Gasteiger partial charge in [-0.25, -0.2) is 9.67 Å². The summed E-state index contributed by atoms with van der Waals surface area (Å²) in [5.41, 5.74) is 1.19. The van der Waals surface area contributed by atoms with E-state index in [1.54, 1.807) is 29.1 Å². The molecule has 1 amide bonds. The Hall–Kier alpha value is -2.86. The van der Waals surface area contributed by atoms with Gasteiger partial charge in [-0.1, -0.05) is 23.9 Å². The Kier molecular flexibility index (Phi) is 5.05. The first-order valence-corrected chi connectivity index (χ1v) is 10.2. The van der Waals surface area contributed by atoms with Crippen molar-refractivity contribution in [3.63, 3.8) is 0 Å². The molecular weight excluding hydrogens is 402 g/mol. The van der Waals surface area contributed by atoms with Crippen molar-refractivity contribution in [3.05, 3.63) is 39.8 Å². The van der Waals surface area contributed by atoms with Crippen LogP contribution in [-0.4, -0.2) is 41.3 Å². The smallest absolute Gasteiger partial charge is 0.270 e. The number of nitro benzene ring substituents is 1. The summed E-state index contributed by atoms with van der Waals surface area (Å²) in [5, 5.41) is 27.8. The predicted octanol–water partition coefficient (Wildman–Crippen LogP) is 3.16. The number of hydrogen-bond acceptors (Lipinski definition) is 9. The number of nitrogens with zero attached hydrogens (tertiary/aromatic N) is 6. The van der Waals surface area contributed by atoms with Gasteiger partial charge >= 0.3 is 0 Å². The lowest BCUT2D eigenvalue weighted by Gasteiger charge is -2.09. The van der Waals surface area contributed by atoms with Crippen LogP contribution in [0.25, 0.3) is 11.3 Å². The van der Waals surface area contributed by atoms with Crippen molar-refractivity contribution in [3.8, 4) is 11.3 Å². The van der Waals surface area contributed by atoms with E-state index in [0.29, 0.717) is 27.6 Å². The second kappa shape index (κ2) is 7.64. The zero-order valence-corrected chi connectivity index (χ0v) is 16.3. The van der Waals surface area contributed by atoms with E-state index in [-0.39, 0.29) is 11.6 Å². The van der Waals surface area contributed by atoms with Crippen LogP contribution in [0.1, 0.15) is 25.8 Å². The maximum atomic E-state index is 12.5. The fourth-order valence-corrected chi connectivity index (χ4v) is 4.05. The molecule has 1 aliphatic rings. The van der Waals surface area contributed by atoms with Gasteiger partial charge in [0.15, 0.2) is 5.13 Å². The molecule has 0 aliphatic heterocycles. The van der Waals surface area contributed by atoms with Gasteiger partial charge in [0.2, 0.25) is 11.1 Å². The summed E-state index contributed by atoms with van der Waals surface area (Å²) in [5.74, 6) is -0.213. The van der Waals surface area contributed by atoms with Crippen LogP contribution >= 0.6 is 23.1 Å². The SMILES string of the molecule is CC(Sc1nnnn1C1CC1)C(=O)Nc1nc(-c2cccc([N+](=O)[O-])c2)cs1. The third-order valence-corrected chi connectivity index (χ3v) is 5.90. The monoisotopic (exact) mass is 417 g/mol. The molecule has 1 unspecified atom stereocenters. The Morgan fingerprint density at radius 3 is 3.04 bits per heavy atom. The maximum absolute atomic E-state index is 12.5. The highest BCUT2D eigenvalue weighted by atomic mass is 32.2. The molecule has 10 nitrogen and oxygen atoms in total. The summed E-state index contributed by atoms with van der Waals surface area (Å²) in [6.07, 6.45) is 2.11. The molecule has 3 aromatic rings. The number of nitro groups is 1. The number of non-ortho nitro benzene ring substituents is 1. The zero-order chi connectivity index (χ0) is 19.7. The fraction of sp³-hybridized carbons (Fsp3) is 0.312. The van der Waals surface area contributed by atoms with Crippen molar-refractivity contribution in [2.75, 3.05) is 5.32 Å². The van der Waals surface area contributed by atoms with E-state index in [2.05, 4.69) is 25.8 Å². The molecule has 1 saturated carbocycles. The van der Waals surface area contributed by atoms with Gasteiger partial charge in [0.05, 0.1) is 21.9 Å². The van der Waals surface area contributed by atoms with Gasteiger partial charge in [-0.15, -0.1) is 16.4 Å². The van der Waals surface area contributed by atoms with E-state index in [1.807, 2.05) is 0 Å². The van der Waals surface area contributed by atoms with Crippen LogP contribution in [0.2, 0.25) is 0 Å². The topological polar surface area (TPSA) is 129 Å². The van der Waals surface area contributed by atoms with E-state index in [9.17, 15) is 14.9 Å². The number of amides is 1. The lowest BCUT2D eigenvalue weighted by Crippen LogP contribution is -2.22. The molecule has 1 fully saturated rings. The number of rotatable bonds is 7. The van der Waals surface area contributed by atoms with Crippen LogP contribution in [0, 0.1) is 10.1 Å². The summed E-state index contributed by atoms with van der Waals surface area (Å²) < 4.78 is 1.76.